The van der Waals surface area contributed by atoms with Gasteiger partial charge in [0.1, 0.15) is 0 Å². The van der Waals surface area contributed by atoms with E-state index in [1.807, 2.05) is 0 Å². The van der Waals surface area contributed by atoms with Gasteiger partial charge >= 0.3 is 0 Å². The van der Waals surface area contributed by atoms with Gasteiger partial charge in [0.05, 0.1) is 12.2 Å². The second-order valence-corrected chi connectivity index (χ2v) is 6.59. The molecule has 6 nitrogen and oxygen atoms in total. The summed E-state index contributed by atoms with van der Waals surface area (Å²) in [6.07, 6.45) is 5.57. The Morgan fingerprint density at radius 2 is 2.38 bits per heavy atom. The smallest absolute Gasteiger partial charge is 0.239 e. The molecule has 0 aromatic carbocycles. The molecule has 1 amide bonds. The number of thiazole rings is 1. The zero-order chi connectivity index (χ0) is 14.2. The van der Waals surface area contributed by atoms with Gasteiger partial charge in [-0.2, -0.15) is 0 Å². The molecule has 21 heavy (non-hydrogen) atoms. The van der Waals surface area contributed by atoms with Crippen molar-refractivity contribution in [3.05, 3.63) is 17.3 Å². The Kier molecular flexibility index (Phi) is 3.31. The van der Waals surface area contributed by atoms with Crippen molar-refractivity contribution in [1.29, 1.82) is 0 Å². The van der Waals surface area contributed by atoms with E-state index in [1.54, 1.807) is 11.3 Å². The molecule has 1 saturated carbocycles. The van der Waals surface area contributed by atoms with Crippen LogP contribution in [0.1, 0.15) is 25.0 Å². The summed E-state index contributed by atoms with van der Waals surface area (Å²) in [5, 5.41) is 8.54. The lowest BCUT2D eigenvalue weighted by atomic mass is 10.3. The first-order valence-electron chi connectivity index (χ1n) is 7.51. The lowest BCUT2D eigenvalue weighted by molar-refractivity contribution is -0.119. The van der Waals surface area contributed by atoms with Gasteiger partial charge in [-0.05, 0) is 19.3 Å². The minimum atomic E-state index is 0.0879. The number of rotatable bonds is 4. The number of fused-ring (bicyclic) bond motifs is 1. The van der Waals surface area contributed by atoms with E-state index in [-0.39, 0.29) is 5.91 Å². The van der Waals surface area contributed by atoms with Crippen LogP contribution in [0.3, 0.4) is 0 Å². The molecule has 1 aliphatic heterocycles. The second kappa shape index (κ2) is 5.31. The van der Waals surface area contributed by atoms with Crippen molar-refractivity contribution < 1.29 is 4.79 Å². The van der Waals surface area contributed by atoms with Crippen LogP contribution in [-0.2, 0) is 11.3 Å². The number of anilines is 1. The average molecular weight is 305 g/mol. The van der Waals surface area contributed by atoms with Crippen molar-refractivity contribution in [2.45, 2.75) is 31.8 Å². The number of carbonyl (C=O) groups is 1. The molecular formula is C14H19N5OS. The molecule has 0 bridgehead atoms. The Morgan fingerprint density at radius 1 is 1.48 bits per heavy atom. The average Bonchev–Trinajstić information content (AvgIpc) is 3.13. The number of imidazole rings is 1. The molecule has 0 atom stereocenters. The highest BCUT2D eigenvalue weighted by Crippen LogP contribution is 2.27. The fourth-order valence-corrected chi connectivity index (χ4v) is 3.48. The zero-order valence-electron chi connectivity index (χ0n) is 11.8. The van der Waals surface area contributed by atoms with Gasteiger partial charge in [-0.15, -0.1) is 11.3 Å². The minimum Gasteiger partial charge on any atom is -0.354 e. The Morgan fingerprint density at radius 3 is 3.24 bits per heavy atom. The number of hydrogen-bond acceptors (Lipinski definition) is 5. The molecule has 2 fully saturated rings. The molecule has 7 heteroatoms. The molecule has 2 aromatic heterocycles. The van der Waals surface area contributed by atoms with Crippen molar-refractivity contribution >= 4 is 28.0 Å². The van der Waals surface area contributed by atoms with E-state index in [1.165, 1.54) is 18.5 Å². The van der Waals surface area contributed by atoms with Crippen LogP contribution in [0.15, 0.2) is 11.6 Å². The Balaban J connectivity index is 1.66. The molecule has 0 radical (unpaired) electrons. The molecule has 1 saturated heterocycles. The van der Waals surface area contributed by atoms with Gasteiger partial charge in [-0.25, -0.2) is 4.98 Å². The van der Waals surface area contributed by atoms with Gasteiger partial charge in [0, 0.05) is 37.3 Å². The second-order valence-electron chi connectivity index (χ2n) is 5.72. The summed E-state index contributed by atoms with van der Waals surface area (Å²) in [5.74, 6) is 1.05. The predicted molar refractivity (Wildman–Crippen MR) is 82.8 cm³/mol. The summed E-state index contributed by atoms with van der Waals surface area (Å²) >= 11 is 1.64. The number of hydrogen-bond donors (Lipinski definition) is 2. The summed E-state index contributed by atoms with van der Waals surface area (Å²) in [4.78, 5) is 19.7. The molecule has 2 N–H and O–H groups in total. The van der Waals surface area contributed by atoms with Gasteiger partial charge in [0.25, 0.3) is 0 Å². The van der Waals surface area contributed by atoms with Crippen LogP contribution in [0.5, 0.6) is 0 Å². The molecule has 3 heterocycles. The highest BCUT2D eigenvalue weighted by atomic mass is 32.1. The fraction of sp³-hybridized carbons (Fsp3) is 0.571. The Hall–Kier alpha value is -1.60. The van der Waals surface area contributed by atoms with Gasteiger partial charge in [-0.3, -0.25) is 9.20 Å². The van der Waals surface area contributed by atoms with Crippen LogP contribution >= 0.6 is 11.3 Å². The summed E-state index contributed by atoms with van der Waals surface area (Å²) in [6, 6.07) is 0.662. The van der Waals surface area contributed by atoms with Crippen LogP contribution in [-0.4, -0.2) is 41.0 Å². The number of nitrogens with zero attached hydrogens (tertiary/aromatic N) is 3. The molecule has 1 aliphatic carbocycles. The fourth-order valence-electron chi connectivity index (χ4n) is 2.75. The highest BCUT2D eigenvalue weighted by molar-refractivity contribution is 7.15. The maximum atomic E-state index is 11.8. The van der Waals surface area contributed by atoms with Crippen molar-refractivity contribution in [2.75, 3.05) is 24.5 Å². The number of nitrogens with one attached hydrogen (secondary N) is 2. The first-order chi connectivity index (χ1) is 10.3. The van der Waals surface area contributed by atoms with E-state index < -0.39 is 0 Å². The highest BCUT2D eigenvalue weighted by Gasteiger charge is 2.25. The van der Waals surface area contributed by atoms with Crippen LogP contribution in [0.2, 0.25) is 0 Å². The first-order valence-corrected chi connectivity index (χ1v) is 8.39. The molecule has 2 aliphatic rings. The normalized spacial score (nSPS) is 19.8. The molecular weight excluding hydrogens is 286 g/mol. The topological polar surface area (TPSA) is 61.7 Å². The molecule has 112 valence electrons. The minimum absolute atomic E-state index is 0.0879. The van der Waals surface area contributed by atoms with E-state index >= 15 is 0 Å². The van der Waals surface area contributed by atoms with Gasteiger partial charge in [0.15, 0.2) is 10.8 Å². The van der Waals surface area contributed by atoms with E-state index in [0.717, 1.165) is 36.8 Å². The van der Waals surface area contributed by atoms with Crippen LogP contribution < -0.4 is 15.5 Å². The summed E-state index contributed by atoms with van der Waals surface area (Å²) in [5.41, 5.74) is 1.17. The predicted octanol–water partition coefficient (Wildman–Crippen LogP) is 0.974. The largest absolute Gasteiger partial charge is 0.354 e. The summed E-state index contributed by atoms with van der Waals surface area (Å²) in [6.45, 7) is 2.85. The molecule has 0 unspecified atom stereocenters. The number of carbonyl (C=O) groups excluding carboxylic acids is 1. The van der Waals surface area contributed by atoms with Gasteiger partial charge in [-0.1, -0.05) is 0 Å². The lowest BCUT2D eigenvalue weighted by Gasteiger charge is -2.20. The summed E-state index contributed by atoms with van der Waals surface area (Å²) < 4.78 is 2.15. The van der Waals surface area contributed by atoms with Crippen molar-refractivity contribution in [2.24, 2.45) is 0 Å². The maximum Gasteiger partial charge on any atom is 0.239 e. The van der Waals surface area contributed by atoms with E-state index in [4.69, 9.17) is 4.98 Å². The van der Waals surface area contributed by atoms with Gasteiger partial charge < -0.3 is 15.5 Å². The SMILES string of the molecule is O=C1CN(c2nc3sccn3c2CNC2CC2)CCCN1. The molecule has 0 spiro atoms. The third-order valence-electron chi connectivity index (χ3n) is 4.04. The van der Waals surface area contributed by atoms with E-state index in [2.05, 4.69) is 31.5 Å². The van der Waals surface area contributed by atoms with Crippen molar-refractivity contribution in [1.82, 2.24) is 20.0 Å². The summed E-state index contributed by atoms with van der Waals surface area (Å²) in [7, 11) is 0. The Labute approximate surface area is 127 Å². The first kappa shape index (κ1) is 13.1. The van der Waals surface area contributed by atoms with E-state index in [0.29, 0.717) is 12.6 Å². The lowest BCUT2D eigenvalue weighted by Crippen LogP contribution is -2.34. The molecule has 2 aromatic rings. The third kappa shape index (κ3) is 2.63. The molecule has 4 rings (SSSR count). The maximum absolute atomic E-state index is 11.8. The van der Waals surface area contributed by atoms with Crippen LogP contribution in [0.25, 0.3) is 4.96 Å². The van der Waals surface area contributed by atoms with E-state index in [9.17, 15) is 4.79 Å². The third-order valence-corrected chi connectivity index (χ3v) is 4.79. The van der Waals surface area contributed by atoms with Crippen molar-refractivity contribution in [3.8, 4) is 0 Å². The standard InChI is InChI=1S/C14H19N5OS/c20-12-9-18(5-1-4-15-12)13-11(8-16-10-2-3-10)19-6-7-21-14(19)17-13/h6-7,10,16H,1-5,8-9H2,(H,15,20). The van der Waals surface area contributed by atoms with Crippen LogP contribution in [0.4, 0.5) is 5.82 Å². The zero-order valence-corrected chi connectivity index (χ0v) is 12.7. The van der Waals surface area contributed by atoms with Gasteiger partial charge in [0.2, 0.25) is 5.91 Å². The quantitative estimate of drug-likeness (QED) is 0.884. The van der Waals surface area contributed by atoms with Crippen molar-refractivity contribution in [3.63, 3.8) is 0 Å². The number of amides is 1. The van der Waals surface area contributed by atoms with Crippen LogP contribution in [0, 0.1) is 0 Å². The number of aromatic nitrogens is 2. The Bertz CT molecular complexity index is 659. The monoisotopic (exact) mass is 305 g/mol.